The molecule has 0 bridgehead atoms. The van der Waals surface area contributed by atoms with Gasteiger partial charge in [-0.2, -0.15) is 0 Å². The van der Waals surface area contributed by atoms with Crippen LogP contribution in [0.5, 0.6) is 0 Å². The summed E-state index contributed by atoms with van der Waals surface area (Å²) in [6.45, 7) is 4.98. The van der Waals surface area contributed by atoms with Gasteiger partial charge in [0.05, 0.1) is 5.69 Å². The molecule has 3 heterocycles. The third kappa shape index (κ3) is 3.42. The maximum Gasteiger partial charge on any atom is 0.273 e. The molecular weight excluding hydrogens is 303 g/mol. The van der Waals surface area contributed by atoms with E-state index in [0.29, 0.717) is 26.1 Å². The molecule has 8 heteroatoms. The molecule has 0 unspecified atom stereocenters. The molecule has 3 rings (SSSR count). The number of halogens is 1. The maximum atomic E-state index is 13.8. The fourth-order valence-electron chi connectivity index (χ4n) is 2.89. The Kier molecular flexibility index (Phi) is 4.42. The number of likely N-dealkylation sites (tertiary alicyclic amines) is 1. The summed E-state index contributed by atoms with van der Waals surface area (Å²) in [7, 11) is 0. The molecular formula is C15H19FN4O3. The number of aromatic nitrogens is 2. The molecule has 0 aromatic carbocycles. The average molecular weight is 322 g/mol. The Balaban J connectivity index is 1.62. The van der Waals surface area contributed by atoms with E-state index >= 15 is 0 Å². The molecule has 124 valence electrons. The Morgan fingerprint density at radius 1 is 1.48 bits per heavy atom. The number of nitrogens with one attached hydrogen (secondary N) is 1. The van der Waals surface area contributed by atoms with Crippen LogP contribution in [0.3, 0.4) is 0 Å². The van der Waals surface area contributed by atoms with E-state index in [-0.39, 0.29) is 17.6 Å². The Morgan fingerprint density at radius 2 is 2.30 bits per heavy atom. The van der Waals surface area contributed by atoms with E-state index in [4.69, 9.17) is 4.52 Å². The van der Waals surface area contributed by atoms with Crippen LogP contribution in [0.1, 0.15) is 33.9 Å². The molecule has 0 aliphatic carbocycles. The van der Waals surface area contributed by atoms with Crippen LogP contribution >= 0.6 is 0 Å². The molecule has 2 atom stereocenters. The third-order valence-corrected chi connectivity index (χ3v) is 4.19. The monoisotopic (exact) mass is 322 g/mol. The Bertz CT molecular complexity index is 651. The highest BCUT2D eigenvalue weighted by Gasteiger charge is 2.33. The lowest BCUT2D eigenvalue weighted by Crippen LogP contribution is -2.40. The minimum Gasteiger partial charge on any atom is -0.364 e. The van der Waals surface area contributed by atoms with Crippen molar-refractivity contribution in [2.75, 3.05) is 13.1 Å². The van der Waals surface area contributed by atoms with Gasteiger partial charge in [-0.3, -0.25) is 9.69 Å². The van der Waals surface area contributed by atoms with Gasteiger partial charge in [-0.1, -0.05) is 10.3 Å². The molecule has 1 aliphatic heterocycles. The van der Waals surface area contributed by atoms with Gasteiger partial charge in [0.2, 0.25) is 0 Å². The number of aryl methyl sites for hydroxylation is 2. The topological polar surface area (TPSA) is 84.4 Å². The number of hydrogen-bond donors (Lipinski definition) is 1. The molecule has 7 nitrogen and oxygen atoms in total. The van der Waals surface area contributed by atoms with Crippen molar-refractivity contribution in [2.24, 2.45) is 0 Å². The summed E-state index contributed by atoms with van der Waals surface area (Å²) in [6, 6.07) is 1.42. The molecule has 1 amide bonds. The first-order chi connectivity index (χ1) is 11.0. The second-order valence-electron chi connectivity index (χ2n) is 5.81. The van der Waals surface area contributed by atoms with E-state index in [9.17, 15) is 9.18 Å². The SMILES string of the molecule is Cc1noc(C)c1CN1C[C@@H](F)C[C@H]1CNC(=O)c1ccon1. The molecule has 0 saturated carbocycles. The first-order valence-corrected chi connectivity index (χ1v) is 7.53. The van der Waals surface area contributed by atoms with Gasteiger partial charge in [0, 0.05) is 37.3 Å². The van der Waals surface area contributed by atoms with Crippen molar-refractivity contribution in [3.05, 3.63) is 35.0 Å². The van der Waals surface area contributed by atoms with Crippen molar-refractivity contribution >= 4 is 5.91 Å². The predicted molar refractivity (Wildman–Crippen MR) is 78.5 cm³/mol. The summed E-state index contributed by atoms with van der Waals surface area (Å²) in [5.41, 5.74) is 2.01. The van der Waals surface area contributed by atoms with E-state index in [1.807, 2.05) is 18.7 Å². The molecule has 2 aromatic rings. The fraction of sp³-hybridized carbons (Fsp3) is 0.533. The zero-order chi connectivity index (χ0) is 16.4. The zero-order valence-electron chi connectivity index (χ0n) is 13.1. The number of nitrogens with zero attached hydrogens (tertiary/aromatic N) is 3. The van der Waals surface area contributed by atoms with Gasteiger partial charge in [-0.15, -0.1) is 0 Å². The Morgan fingerprint density at radius 3 is 2.96 bits per heavy atom. The molecule has 1 fully saturated rings. The van der Waals surface area contributed by atoms with Crippen LogP contribution in [-0.2, 0) is 6.54 Å². The molecule has 0 radical (unpaired) electrons. The standard InChI is InChI=1S/C15H19FN4O3/c1-9-13(10(2)23-18-9)8-20-7-11(16)5-12(20)6-17-15(21)14-3-4-22-19-14/h3-4,11-12H,5-8H2,1-2H3,(H,17,21)/t11-,12-/m0/s1. The number of rotatable bonds is 5. The van der Waals surface area contributed by atoms with Gasteiger partial charge in [0.25, 0.3) is 5.91 Å². The van der Waals surface area contributed by atoms with Crippen LogP contribution in [0.15, 0.2) is 21.4 Å². The summed E-state index contributed by atoms with van der Waals surface area (Å²) in [6.07, 6.45) is 0.832. The van der Waals surface area contributed by atoms with E-state index in [2.05, 4.69) is 20.2 Å². The maximum absolute atomic E-state index is 13.8. The van der Waals surface area contributed by atoms with Gasteiger partial charge < -0.3 is 14.4 Å². The minimum atomic E-state index is -0.899. The Hall–Kier alpha value is -2.22. The van der Waals surface area contributed by atoms with Crippen LogP contribution in [0.25, 0.3) is 0 Å². The number of hydrogen-bond acceptors (Lipinski definition) is 6. The summed E-state index contributed by atoms with van der Waals surface area (Å²) in [5, 5.41) is 10.3. The summed E-state index contributed by atoms with van der Waals surface area (Å²) >= 11 is 0. The molecule has 1 saturated heterocycles. The van der Waals surface area contributed by atoms with Crippen molar-refractivity contribution in [3.63, 3.8) is 0 Å². The highest BCUT2D eigenvalue weighted by atomic mass is 19.1. The van der Waals surface area contributed by atoms with Gasteiger partial charge in [-0.25, -0.2) is 4.39 Å². The lowest BCUT2D eigenvalue weighted by Gasteiger charge is -2.24. The van der Waals surface area contributed by atoms with Crippen molar-refractivity contribution < 1.29 is 18.2 Å². The zero-order valence-corrected chi connectivity index (χ0v) is 13.1. The van der Waals surface area contributed by atoms with Gasteiger partial charge in [0.1, 0.15) is 18.2 Å². The molecule has 2 aromatic heterocycles. The lowest BCUT2D eigenvalue weighted by atomic mass is 10.1. The number of amides is 1. The normalized spacial score (nSPS) is 21.7. The number of carbonyl (C=O) groups is 1. The summed E-state index contributed by atoms with van der Waals surface area (Å²) in [5.74, 6) is 0.425. The number of alkyl halides is 1. The van der Waals surface area contributed by atoms with Crippen LogP contribution in [0, 0.1) is 13.8 Å². The predicted octanol–water partition coefficient (Wildman–Crippen LogP) is 1.62. The highest BCUT2D eigenvalue weighted by Crippen LogP contribution is 2.24. The van der Waals surface area contributed by atoms with E-state index in [1.165, 1.54) is 12.3 Å². The fourth-order valence-corrected chi connectivity index (χ4v) is 2.89. The molecule has 1 aliphatic rings. The van der Waals surface area contributed by atoms with E-state index in [1.54, 1.807) is 0 Å². The van der Waals surface area contributed by atoms with E-state index in [0.717, 1.165) is 17.0 Å². The third-order valence-electron chi connectivity index (χ3n) is 4.19. The van der Waals surface area contributed by atoms with Crippen molar-refractivity contribution in [1.29, 1.82) is 0 Å². The van der Waals surface area contributed by atoms with Crippen molar-refractivity contribution in [1.82, 2.24) is 20.5 Å². The summed E-state index contributed by atoms with van der Waals surface area (Å²) < 4.78 is 23.6. The van der Waals surface area contributed by atoms with E-state index < -0.39 is 6.17 Å². The van der Waals surface area contributed by atoms with Crippen LogP contribution < -0.4 is 5.32 Å². The van der Waals surface area contributed by atoms with Crippen LogP contribution in [-0.4, -0.2) is 46.4 Å². The molecule has 23 heavy (non-hydrogen) atoms. The Labute approximate surface area is 132 Å². The lowest BCUT2D eigenvalue weighted by molar-refractivity contribution is 0.0930. The molecule has 0 spiro atoms. The number of carbonyl (C=O) groups excluding carboxylic acids is 1. The summed E-state index contributed by atoms with van der Waals surface area (Å²) in [4.78, 5) is 13.9. The minimum absolute atomic E-state index is 0.0745. The average Bonchev–Trinajstić information content (AvgIpc) is 3.23. The van der Waals surface area contributed by atoms with Crippen molar-refractivity contribution in [3.8, 4) is 0 Å². The van der Waals surface area contributed by atoms with Crippen molar-refractivity contribution in [2.45, 2.75) is 39.0 Å². The van der Waals surface area contributed by atoms with Gasteiger partial charge in [-0.05, 0) is 20.3 Å². The largest absolute Gasteiger partial charge is 0.364 e. The second-order valence-corrected chi connectivity index (χ2v) is 5.81. The smallest absolute Gasteiger partial charge is 0.273 e. The second kappa shape index (κ2) is 6.49. The van der Waals surface area contributed by atoms with Crippen LogP contribution in [0.2, 0.25) is 0 Å². The highest BCUT2D eigenvalue weighted by molar-refractivity contribution is 5.91. The first-order valence-electron chi connectivity index (χ1n) is 7.53. The van der Waals surface area contributed by atoms with Gasteiger partial charge in [0.15, 0.2) is 5.69 Å². The van der Waals surface area contributed by atoms with Crippen LogP contribution in [0.4, 0.5) is 4.39 Å². The quantitative estimate of drug-likeness (QED) is 0.900. The molecule has 1 N–H and O–H groups in total. The van der Waals surface area contributed by atoms with Gasteiger partial charge >= 0.3 is 0 Å². The first kappa shape index (κ1) is 15.7.